The fraction of sp³-hybridized carbons (Fsp3) is 0.286. The molecular weight excluding hydrogens is 230 g/mol. The highest BCUT2D eigenvalue weighted by molar-refractivity contribution is 6.05. The molecule has 92 valence electrons. The Kier molecular flexibility index (Phi) is 2.26. The lowest BCUT2D eigenvalue weighted by atomic mass is 9.95. The normalized spacial score (nSPS) is 18.1. The van der Waals surface area contributed by atoms with Gasteiger partial charge < -0.3 is 9.14 Å². The first-order valence-electron chi connectivity index (χ1n) is 5.89. The van der Waals surface area contributed by atoms with Crippen molar-refractivity contribution in [3.8, 4) is 0 Å². The lowest BCUT2D eigenvalue weighted by Crippen LogP contribution is -2.23. The number of carbonyl (C=O) groups is 2. The van der Waals surface area contributed by atoms with E-state index in [4.69, 9.17) is 4.74 Å². The lowest BCUT2D eigenvalue weighted by Gasteiger charge is -2.19. The number of rotatable bonds is 1. The van der Waals surface area contributed by atoms with Crippen LogP contribution >= 0.6 is 0 Å². The number of esters is 1. The van der Waals surface area contributed by atoms with Crippen molar-refractivity contribution in [1.82, 2.24) is 4.40 Å². The van der Waals surface area contributed by atoms with Gasteiger partial charge in [-0.15, -0.1) is 0 Å². The van der Waals surface area contributed by atoms with E-state index in [1.807, 2.05) is 29.5 Å². The van der Waals surface area contributed by atoms with Crippen molar-refractivity contribution in [2.24, 2.45) is 5.92 Å². The zero-order chi connectivity index (χ0) is 12.9. The summed E-state index contributed by atoms with van der Waals surface area (Å²) in [4.78, 5) is 23.9. The highest BCUT2D eigenvalue weighted by atomic mass is 16.5. The van der Waals surface area contributed by atoms with Gasteiger partial charge in [0.2, 0.25) is 0 Å². The summed E-state index contributed by atoms with van der Waals surface area (Å²) in [6, 6.07) is 7.37. The van der Waals surface area contributed by atoms with Crippen LogP contribution in [0, 0.1) is 5.92 Å². The summed E-state index contributed by atoms with van der Waals surface area (Å²) in [6.07, 6.45) is 0.707. The molecule has 1 aliphatic heterocycles. The third kappa shape index (κ3) is 1.32. The van der Waals surface area contributed by atoms with E-state index in [9.17, 15) is 9.59 Å². The van der Waals surface area contributed by atoms with Gasteiger partial charge in [0.15, 0.2) is 5.78 Å². The molecule has 0 saturated carbocycles. The van der Waals surface area contributed by atoms with Crippen molar-refractivity contribution >= 4 is 17.3 Å². The van der Waals surface area contributed by atoms with E-state index in [-0.39, 0.29) is 11.7 Å². The van der Waals surface area contributed by atoms with Crippen LogP contribution in [0.2, 0.25) is 0 Å². The van der Waals surface area contributed by atoms with Crippen LogP contribution in [0.3, 0.4) is 0 Å². The van der Waals surface area contributed by atoms with Crippen LogP contribution in [0.4, 0.5) is 0 Å². The van der Waals surface area contributed by atoms with Gasteiger partial charge in [-0.05, 0) is 24.6 Å². The molecule has 0 aromatic carbocycles. The first-order chi connectivity index (χ1) is 8.63. The number of nitrogens with zero attached hydrogens (tertiary/aromatic N) is 1. The maximum Gasteiger partial charge on any atom is 0.340 e. The Morgan fingerprint density at radius 2 is 2.22 bits per heavy atom. The Labute approximate surface area is 104 Å². The maximum absolute atomic E-state index is 12.2. The highest BCUT2D eigenvalue weighted by Crippen LogP contribution is 2.28. The fourth-order valence-electron chi connectivity index (χ4n) is 2.60. The van der Waals surface area contributed by atoms with Gasteiger partial charge in [-0.1, -0.05) is 13.0 Å². The molecule has 0 aliphatic carbocycles. The van der Waals surface area contributed by atoms with Crippen molar-refractivity contribution < 1.29 is 14.3 Å². The summed E-state index contributed by atoms with van der Waals surface area (Å²) < 4.78 is 6.63. The molecule has 1 unspecified atom stereocenters. The summed E-state index contributed by atoms with van der Waals surface area (Å²) >= 11 is 0. The van der Waals surface area contributed by atoms with Gasteiger partial charge in [0.25, 0.3) is 0 Å². The minimum absolute atomic E-state index is 0.0384. The number of ether oxygens (including phenoxy) is 1. The van der Waals surface area contributed by atoms with Gasteiger partial charge in [0.1, 0.15) is 0 Å². The zero-order valence-corrected chi connectivity index (χ0v) is 10.3. The Hall–Kier alpha value is -2.10. The summed E-state index contributed by atoms with van der Waals surface area (Å²) in [5.74, 6) is -0.361. The Morgan fingerprint density at radius 3 is 2.94 bits per heavy atom. The van der Waals surface area contributed by atoms with Crippen LogP contribution < -0.4 is 0 Å². The molecule has 0 spiro atoms. The summed E-state index contributed by atoms with van der Waals surface area (Å²) in [7, 11) is 1.35. The molecule has 2 aromatic rings. The third-order valence-corrected chi connectivity index (χ3v) is 3.49. The number of ketones is 1. The van der Waals surface area contributed by atoms with Crippen molar-refractivity contribution in [3.05, 3.63) is 41.2 Å². The van der Waals surface area contributed by atoms with Crippen molar-refractivity contribution in [3.63, 3.8) is 0 Å². The molecular formula is C14H13NO3. The summed E-state index contributed by atoms with van der Waals surface area (Å²) in [6.45, 7) is 1.91. The molecule has 2 aromatic heterocycles. The SMILES string of the molecule is COC(=O)c1cc2n3c(cccc13)CC(C)C2=O. The van der Waals surface area contributed by atoms with Crippen molar-refractivity contribution in [2.75, 3.05) is 7.11 Å². The van der Waals surface area contributed by atoms with Crippen molar-refractivity contribution in [1.29, 1.82) is 0 Å². The summed E-state index contributed by atoms with van der Waals surface area (Å²) in [5, 5.41) is 0. The van der Waals surface area contributed by atoms with Gasteiger partial charge in [-0.3, -0.25) is 4.79 Å². The molecule has 0 amide bonds. The zero-order valence-electron chi connectivity index (χ0n) is 10.3. The molecule has 18 heavy (non-hydrogen) atoms. The second-order valence-corrected chi connectivity index (χ2v) is 4.64. The third-order valence-electron chi connectivity index (χ3n) is 3.49. The van der Waals surface area contributed by atoms with E-state index in [1.165, 1.54) is 7.11 Å². The maximum atomic E-state index is 12.2. The molecule has 4 heteroatoms. The molecule has 4 nitrogen and oxygen atoms in total. The minimum atomic E-state index is -0.404. The highest BCUT2D eigenvalue weighted by Gasteiger charge is 2.29. The quantitative estimate of drug-likeness (QED) is 0.721. The second-order valence-electron chi connectivity index (χ2n) is 4.64. The first-order valence-corrected chi connectivity index (χ1v) is 5.89. The van der Waals surface area contributed by atoms with Gasteiger partial charge in [-0.2, -0.15) is 0 Å². The van der Waals surface area contributed by atoms with Crippen LogP contribution in [0.1, 0.15) is 33.5 Å². The fourth-order valence-corrected chi connectivity index (χ4v) is 2.60. The number of methoxy groups -OCH3 is 1. The van der Waals surface area contributed by atoms with Crippen molar-refractivity contribution in [2.45, 2.75) is 13.3 Å². The largest absolute Gasteiger partial charge is 0.465 e. The molecule has 0 bridgehead atoms. The number of hydrogen-bond acceptors (Lipinski definition) is 3. The molecule has 0 N–H and O–H groups in total. The summed E-state index contributed by atoms with van der Waals surface area (Å²) in [5.41, 5.74) is 2.84. The first kappa shape index (κ1) is 11.0. The monoisotopic (exact) mass is 243 g/mol. The molecule has 3 heterocycles. The average Bonchev–Trinajstić information content (AvgIpc) is 2.76. The van der Waals surface area contributed by atoms with Gasteiger partial charge in [-0.25, -0.2) is 4.79 Å². The van der Waals surface area contributed by atoms with Gasteiger partial charge in [0.05, 0.1) is 23.9 Å². The average molecular weight is 243 g/mol. The van der Waals surface area contributed by atoms with E-state index >= 15 is 0 Å². The smallest absolute Gasteiger partial charge is 0.340 e. The van der Waals surface area contributed by atoms with Crippen LogP contribution in [-0.4, -0.2) is 23.3 Å². The molecule has 1 atom stereocenters. The number of pyridine rings is 1. The van der Waals surface area contributed by atoms with Crippen LogP contribution in [0.5, 0.6) is 0 Å². The number of hydrogen-bond donors (Lipinski definition) is 0. The van der Waals surface area contributed by atoms with Crippen LogP contribution in [-0.2, 0) is 11.2 Å². The number of Topliss-reactive ketones (excluding diaryl/α,β-unsaturated/α-hetero) is 1. The van der Waals surface area contributed by atoms with E-state index in [0.717, 1.165) is 11.2 Å². The second kappa shape index (κ2) is 3.70. The van der Waals surface area contributed by atoms with Crippen LogP contribution in [0.25, 0.3) is 5.52 Å². The van der Waals surface area contributed by atoms with Gasteiger partial charge >= 0.3 is 5.97 Å². The Balaban J connectivity index is 2.37. The Bertz CT molecular complexity index is 669. The topological polar surface area (TPSA) is 47.8 Å². The molecule has 0 saturated heterocycles. The molecule has 0 fully saturated rings. The molecule has 1 aliphatic rings. The standard InChI is InChI=1S/C14H13NO3/c1-8-6-9-4-3-5-11-10(14(17)18-2)7-12(13(8)16)15(9)11/h3-5,7-8H,6H2,1-2H3. The van der Waals surface area contributed by atoms with E-state index < -0.39 is 5.97 Å². The van der Waals surface area contributed by atoms with E-state index in [2.05, 4.69) is 0 Å². The number of aromatic nitrogens is 1. The minimum Gasteiger partial charge on any atom is -0.465 e. The Morgan fingerprint density at radius 1 is 1.44 bits per heavy atom. The van der Waals surface area contributed by atoms with Gasteiger partial charge in [0, 0.05) is 11.6 Å². The number of carbonyl (C=O) groups excluding carboxylic acids is 2. The van der Waals surface area contributed by atoms with E-state index in [0.29, 0.717) is 17.7 Å². The van der Waals surface area contributed by atoms with Crippen LogP contribution in [0.15, 0.2) is 24.3 Å². The predicted octanol–water partition coefficient (Wildman–Crippen LogP) is 2.10. The molecule has 0 radical (unpaired) electrons. The predicted molar refractivity (Wildman–Crippen MR) is 65.9 cm³/mol. The molecule has 3 rings (SSSR count). The van der Waals surface area contributed by atoms with E-state index in [1.54, 1.807) is 6.07 Å². The lowest BCUT2D eigenvalue weighted by molar-refractivity contribution is 0.0603.